The van der Waals surface area contributed by atoms with Gasteiger partial charge in [0.05, 0.1) is 5.56 Å². The van der Waals surface area contributed by atoms with Crippen molar-refractivity contribution in [3.8, 4) is 0 Å². The van der Waals surface area contributed by atoms with Gasteiger partial charge in [-0.2, -0.15) is 13.2 Å². The zero-order valence-corrected chi connectivity index (χ0v) is 12.2. The van der Waals surface area contributed by atoms with E-state index in [1.807, 2.05) is 6.92 Å². The van der Waals surface area contributed by atoms with Gasteiger partial charge in [0, 0.05) is 22.6 Å². The van der Waals surface area contributed by atoms with Crippen LogP contribution in [0, 0.1) is 6.92 Å². The third kappa shape index (κ3) is 2.67. The summed E-state index contributed by atoms with van der Waals surface area (Å²) in [5.74, 6) is 0. The highest BCUT2D eigenvalue weighted by molar-refractivity contribution is 5.85. The molecular formula is C16H19F3N2. The fourth-order valence-electron chi connectivity index (χ4n) is 3.29. The monoisotopic (exact) mass is 296 g/mol. The summed E-state index contributed by atoms with van der Waals surface area (Å²) in [5, 5.41) is 0.711. The number of H-pyrrole nitrogens is 1. The molecule has 2 nitrogen and oxygen atoms in total. The zero-order valence-electron chi connectivity index (χ0n) is 12.2. The lowest BCUT2D eigenvalue weighted by Gasteiger charge is -2.19. The summed E-state index contributed by atoms with van der Waals surface area (Å²) in [7, 11) is 2.09. The number of likely N-dealkylation sites (tertiary alicyclic amines) is 1. The van der Waals surface area contributed by atoms with Gasteiger partial charge in [0.1, 0.15) is 0 Å². The molecule has 1 N–H and O–H groups in total. The first-order valence-electron chi connectivity index (χ1n) is 7.25. The van der Waals surface area contributed by atoms with E-state index in [9.17, 15) is 13.2 Å². The van der Waals surface area contributed by atoms with Crippen LogP contribution in [0.1, 0.15) is 29.7 Å². The lowest BCUT2D eigenvalue weighted by atomic mass is 10.00. The van der Waals surface area contributed by atoms with E-state index in [-0.39, 0.29) is 0 Å². The smallest absolute Gasteiger partial charge is 0.358 e. The van der Waals surface area contributed by atoms with Crippen LogP contribution in [-0.2, 0) is 12.6 Å². The Labute approximate surface area is 121 Å². The summed E-state index contributed by atoms with van der Waals surface area (Å²) in [6, 6.07) is 4.39. The van der Waals surface area contributed by atoms with Crippen molar-refractivity contribution in [1.82, 2.24) is 9.88 Å². The third-order valence-corrected chi connectivity index (χ3v) is 4.56. The highest BCUT2D eigenvalue weighted by atomic mass is 19.4. The van der Waals surface area contributed by atoms with Crippen LogP contribution in [0.5, 0.6) is 0 Å². The zero-order chi connectivity index (χ0) is 15.2. The van der Waals surface area contributed by atoms with E-state index >= 15 is 0 Å². The summed E-state index contributed by atoms with van der Waals surface area (Å²) in [6.07, 6.45) is -1.21. The van der Waals surface area contributed by atoms with Gasteiger partial charge in [-0.1, -0.05) is 0 Å². The van der Waals surface area contributed by atoms with E-state index in [0.717, 1.165) is 48.6 Å². The first-order valence-corrected chi connectivity index (χ1v) is 7.25. The number of halogens is 3. The van der Waals surface area contributed by atoms with Gasteiger partial charge in [-0.3, -0.25) is 0 Å². The number of aryl methyl sites for hydroxylation is 1. The molecule has 2 aromatic rings. The standard InChI is InChI=1S/C16H19F3N2/c1-10-13(9-12-4-3-7-21(12)2)14-8-11(16(17,18)19)5-6-15(14)20-10/h5-6,8,12,20H,3-4,7,9H2,1-2H3/t12-/m1/s1. The van der Waals surface area contributed by atoms with Gasteiger partial charge < -0.3 is 9.88 Å². The number of nitrogens with one attached hydrogen (secondary N) is 1. The molecule has 1 saturated heterocycles. The van der Waals surface area contributed by atoms with Crippen molar-refractivity contribution < 1.29 is 13.2 Å². The minimum absolute atomic E-state index is 0.428. The molecule has 0 saturated carbocycles. The molecule has 1 aromatic heterocycles. The maximum absolute atomic E-state index is 12.9. The first kappa shape index (κ1) is 14.4. The van der Waals surface area contributed by atoms with Gasteiger partial charge in [-0.25, -0.2) is 0 Å². The number of rotatable bonds is 2. The molecule has 21 heavy (non-hydrogen) atoms. The van der Waals surface area contributed by atoms with Crippen molar-refractivity contribution >= 4 is 10.9 Å². The number of likely N-dealkylation sites (N-methyl/N-ethyl adjacent to an activating group) is 1. The second-order valence-corrected chi connectivity index (χ2v) is 5.97. The van der Waals surface area contributed by atoms with Gasteiger partial charge in [0.15, 0.2) is 0 Å². The molecule has 1 aliphatic rings. The average Bonchev–Trinajstić information content (AvgIpc) is 2.93. The third-order valence-electron chi connectivity index (χ3n) is 4.56. The Morgan fingerprint density at radius 1 is 1.33 bits per heavy atom. The quantitative estimate of drug-likeness (QED) is 0.882. The highest BCUT2D eigenvalue weighted by Crippen LogP contribution is 2.34. The second kappa shape index (κ2) is 5.05. The summed E-state index contributed by atoms with van der Waals surface area (Å²) in [6.45, 7) is 3.01. The Bertz CT molecular complexity index is 657. The van der Waals surface area contributed by atoms with Crippen molar-refractivity contribution in [2.24, 2.45) is 0 Å². The van der Waals surface area contributed by atoms with Gasteiger partial charge in [-0.15, -0.1) is 0 Å². The molecular weight excluding hydrogens is 277 g/mol. The predicted molar refractivity (Wildman–Crippen MR) is 77.4 cm³/mol. The summed E-state index contributed by atoms with van der Waals surface area (Å²) >= 11 is 0. The molecule has 5 heteroatoms. The van der Waals surface area contributed by atoms with Crippen LogP contribution in [-0.4, -0.2) is 29.5 Å². The Kier molecular flexibility index (Phi) is 3.48. The molecule has 0 unspecified atom stereocenters. The minimum atomic E-state index is -4.29. The molecule has 0 spiro atoms. The molecule has 0 aliphatic carbocycles. The van der Waals surface area contributed by atoms with Crippen molar-refractivity contribution in [3.63, 3.8) is 0 Å². The van der Waals surface area contributed by atoms with E-state index in [0.29, 0.717) is 11.4 Å². The van der Waals surface area contributed by atoms with Crippen LogP contribution in [0.3, 0.4) is 0 Å². The number of fused-ring (bicyclic) bond motifs is 1. The number of hydrogen-bond acceptors (Lipinski definition) is 1. The topological polar surface area (TPSA) is 19.0 Å². The van der Waals surface area contributed by atoms with Crippen molar-refractivity contribution in [1.29, 1.82) is 0 Å². The molecule has 1 atom stereocenters. The molecule has 1 fully saturated rings. The molecule has 0 amide bonds. The van der Waals surface area contributed by atoms with E-state index in [1.165, 1.54) is 12.1 Å². The van der Waals surface area contributed by atoms with E-state index < -0.39 is 11.7 Å². The van der Waals surface area contributed by atoms with Crippen molar-refractivity contribution in [2.75, 3.05) is 13.6 Å². The van der Waals surface area contributed by atoms with Crippen LogP contribution >= 0.6 is 0 Å². The van der Waals surface area contributed by atoms with Crippen LogP contribution in [0.4, 0.5) is 13.2 Å². The largest absolute Gasteiger partial charge is 0.416 e. The van der Waals surface area contributed by atoms with Gasteiger partial charge >= 0.3 is 6.18 Å². The molecule has 3 rings (SSSR count). The lowest BCUT2D eigenvalue weighted by molar-refractivity contribution is -0.137. The van der Waals surface area contributed by atoms with Gasteiger partial charge in [0.2, 0.25) is 0 Å². The Hall–Kier alpha value is -1.49. The molecule has 1 aromatic carbocycles. The van der Waals surface area contributed by atoms with E-state index in [1.54, 1.807) is 0 Å². The minimum Gasteiger partial charge on any atom is -0.358 e. The maximum Gasteiger partial charge on any atom is 0.416 e. The Morgan fingerprint density at radius 2 is 2.10 bits per heavy atom. The number of aromatic amines is 1. The molecule has 0 bridgehead atoms. The SMILES string of the molecule is Cc1[nH]c2ccc(C(F)(F)F)cc2c1C[C@H]1CCCN1C. The number of alkyl halides is 3. The fraction of sp³-hybridized carbons (Fsp3) is 0.500. The summed E-state index contributed by atoms with van der Waals surface area (Å²) < 4.78 is 38.7. The van der Waals surface area contributed by atoms with Gasteiger partial charge in [0.25, 0.3) is 0 Å². The van der Waals surface area contributed by atoms with E-state index in [4.69, 9.17) is 0 Å². The molecule has 1 aliphatic heterocycles. The van der Waals surface area contributed by atoms with E-state index in [2.05, 4.69) is 16.9 Å². The fourth-order valence-corrected chi connectivity index (χ4v) is 3.29. The number of hydrogen-bond donors (Lipinski definition) is 1. The van der Waals surface area contributed by atoms with Crippen LogP contribution in [0.25, 0.3) is 10.9 Å². The highest BCUT2D eigenvalue weighted by Gasteiger charge is 2.31. The van der Waals surface area contributed by atoms with Crippen molar-refractivity contribution in [2.45, 2.75) is 38.4 Å². The number of aromatic nitrogens is 1. The number of benzene rings is 1. The molecule has 0 radical (unpaired) electrons. The second-order valence-electron chi connectivity index (χ2n) is 5.97. The average molecular weight is 296 g/mol. The normalized spacial score (nSPS) is 20.5. The molecule has 114 valence electrons. The Morgan fingerprint density at radius 3 is 2.71 bits per heavy atom. The van der Waals surface area contributed by atoms with Crippen molar-refractivity contribution in [3.05, 3.63) is 35.0 Å². The number of nitrogens with zero attached hydrogens (tertiary/aromatic N) is 1. The lowest BCUT2D eigenvalue weighted by Crippen LogP contribution is -2.26. The predicted octanol–water partition coefficient (Wildman–Crippen LogP) is 4.13. The summed E-state index contributed by atoms with van der Waals surface area (Å²) in [4.78, 5) is 5.51. The van der Waals surface area contributed by atoms with Gasteiger partial charge in [-0.05, 0) is 63.5 Å². The summed E-state index contributed by atoms with van der Waals surface area (Å²) in [5.41, 5.74) is 2.21. The Balaban J connectivity index is 2.02. The first-order chi connectivity index (χ1) is 9.86. The maximum atomic E-state index is 12.9. The van der Waals surface area contributed by atoms with Crippen LogP contribution in [0.15, 0.2) is 18.2 Å². The van der Waals surface area contributed by atoms with Crippen LogP contribution in [0.2, 0.25) is 0 Å². The molecule has 2 heterocycles. The van der Waals surface area contributed by atoms with Crippen LogP contribution < -0.4 is 0 Å².